The highest BCUT2D eigenvalue weighted by Gasteiger charge is 2.14. The van der Waals surface area contributed by atoms with E-state index in [0.717, 1.165) is 17.5 Å². The summed E-state index contributed by atoms with van der Waals surface area (Å²) in [6.45, 7) is 2.07. The second-order valence-electron chi connectivity index (χ2n) is 6.93. The van der Waals surface area contributed by atoms with Gasteiger partial charge in [-0.1, -0.05) is 23.4 Å². The Morgan fingerprint density at radius 1 is 1.35 bits per heavy atom. The Labute approximate surface area is 204 Å². The molecule has 3 rings (SSSR count). The van der Waals surface area contributed by atoms with Crippen molar-refractivity contribution in [2.24, 2.45) is 5.10 Å². The number of thioether (sulfide) groups is 1. The number of hydrazone groups is 1. The number of aromatic carboxylic acids is 1. The molecule has 0 radical (unpaired) electrons. The van der Waals surface area contributed by atoms with Crippen molar-refractivity contribution >= 4 is 41.5 Å². The number of methoxy groups -OCH3 is 1. The number of nitrogens with one attached hydrogen (secondary N) is 1. The number of carboxylic acids is 1. The Hall–Kier alpha value is -3.65. The molecule has 0 aliphatic heterocycles. The minimum Gasteiger partial charge on any atom is -0.478 e. The van der Waals surface area contributed by atoms with Gasteiger partial charge in [-0.3, -0.25) is 4.79 Å². The molecule has 0 bridgehead atoms. The van der Waals surface area contributed by atoms with Crippen molar-refractivity contribution in [1.29, 1.82) is 5.26 Å². The molecule has 1 amide bonds. The Bertz CT molecular complexity index is 1300. The molecule has 9 nitrogen and oxygen atoms in total. The van der Waals surface area contributed by atoms with Crippen molar-refractivity contribution in [2.45, 2.75) is 18.6 Å². The first-order chi connectivity index (χ1) is 16.3. The molecule has 34 heavy (non-hydrogen) atoms. The Balaban J connectivity index is 1.62. The first kappa shape index (κ1) is 25.0. The summed E-state index contributed by atoms with van der Waals surface area (Å²) in [6, 6.07) is 11.4. The average Bonchev–Trinajstić information content (AvgIpc) is 3.26. The summed E-state index contributed by atoms with van der Waals surface area (Å²) in [6.07, 6.45) is 1.31. The lowest BCUT2D eigenvalue weighted by molar-refractivity contribution is -0.118. The van der Waals surface area contributed by atoms with Crippen molar-refractivity contribution in [1.82, 2.24) is 10.4 Å². The largest absolute Gasteiger partial charge is 0.478 e. The maximum Gasteiger partial charge on any atom is 0.335 e. The van der Waals surface area contributed by atoms with Crippen LogP contribution >= 0.6 is 23.4 Å². The van der Waals surface area contributed by atoms with E-state index in [1.807, 2.05) is 0 Å². The van der Waals surface area contributed by atoms with E-state index in [2.05, 4.69) is 21.6 Å². The van der Waals surface area contributed by atoms with Gasteiger partial charge >= 0.3 is 5.97 Å². The third kappa shape index (κ3) is 6.23. The fourth-order valence-electron chi connectivity index (χ4n) is 2.95. The summed E-state index contributed by atoms with van der Waals surface area (Å²) < 4.78 is 10.8. The molecule has 174 valence electrons. The second-order valence-corrected chi connectivity index (χ2v) is 8.30. The average molecular weight is 499 g/mol. The Kier molecular flexibility index (Phi) is 8.43. The molecule has 0 saturated heterocycles. The van der Waals surface area contributed by atoms with Gasteiger partial charge in [0.05, 0.1) is 34.7 Å². The van der Waals surface area contributed by atoms with Gasteiger partial charge in [-0.15, -0.1) is 0 Å². The van der Waals surface area contributed by atoms with Crippen LogP contribution in [0.25, 0.3) is 11.3 Å². The number of carbonyl (C=O) groups excluding carboxylic acids is 1. The number of aromatic nitrogens is 1. The SMILES string of the molecule is COCc1cc(C)nc(SCC(=O)N/N=C\c2ccc(-c3cc(C(=O)O)ccc3Cl)o2)c1C#N. The molecular formula is C23H19ClN4O5S. The summed E-state index contributed by atoms with van der Waals surface area (Å²) in [5.41, 5.74) is 4.69. The van der Waals surface area contributed by atoms with Crippen molar-refractivity contribution < 1.29 is 23.8 Å². The molecule has 11 heteroatoms. The third-order valence-corrected chi connectivity index (χ3v) is 5.74. The number of amides is 1. The van der Waals surface area contributed by atoms with Gasteiger partial charge in [0.15, 0.2) is 0 Å². The standard InChI is InChI=1S/C23H19ClN4O5S/c1-13-7-15(11-32-2)18(9-25)22(27-13)34-12-21(29)28-26-10-16-4-6-20(33-16)17-8-14(23(30)31)3-5-19(17)24/h3-8,10H,11-12H2,1-2H3,(H,28,29)(H,30,31)/b26-10-. The maximum atomic E-state index is 12.2. The molecule has 0 unspecified atom stereocenters. The van der Waals surface area contributed by atoms with Crippen LogP contribution in [0.4, 0.5) is 0 Å². The number of furan rings is 1. The lowest BCUT2D eigenvalue weighted by Gasteiger charge is -2.09. The zero-order valence-corrected chi connectivity index (χ0v) is 19.7. The molecule has 0 fully saturated rings. The molecular weight excluding hydrogens is 480 g/mol. The van der Waals surface area contributed by atoms with Crippen LogP contribution in [0.3, 0.4) is 0 Å². The smallest absolute Gasteiger partial charge is 0.335 e. The third-order valence-electron chi connectivity index (χ3n) is 4.43. The molecule has 0 saturated carbocycles. The van der Waals surface area contributed by atoms with E-state index >= 15 is 0 Å². The first-order valence-electron chi connectivity index (χ1n) is 9.79. The number of aryl methyl sites for hydroxylation is 1. The molecule has 2 heterocycles. The number of hydrogen-bond acceptors (Lipinski definition) is 8. The molecule has 0 atom stereocenters. The van der Waals surface area contributed by atoms with Gasteiger partial charge in [-0.2, -0.15) is 10.4 Å². The quantitative estimate of drug-likeness (QED) is 0.253. The van der Waals surface area contributed by atoms with Gasteiger partial charge in [-0.25, -0.2) is 15.2 Å². The number of ether oxygens (including phenoxy) is 1. The number of rotatable bonds is 9. The lowest BCUT2D eigenvalue weighted by Crippen LogP contribution is -2.19. The van der Waals surface area contributed by atoms with E-state index in [4.69, 9.17) is 25.9 Å². The number of nitriles is 1. The molecule has 3 aromatic rings. The number of carboxylic acid groups (broad SMARTS) is 1. The minimum absolute atomic E-state index is 0.00408. The number of pyridine rings is 1. The summed E-state index contributed by atoms with van der Waals surface area (Å²) >= 11 is 7.28. The fraction of sp³-hybridized carbons (Fsp3) is 0.174. The first-order valence-corrected chi connectivity index (χ1v) is 11.2. The molecule has 0 aliphatic carbocycles. The van der Waals surface area contributed by atoms with Gasteiger partial charge in [-0.05, 0) is 48.9 Å². The predicted molar refractivity (Wildman–Crippen MR) is 127 cm³/mol. The van der Waals surface area contributed by atoms with E-state index in [1.54, 1.807) is 32.2 Å². The molecule has 2 N–H and O–H groups in total. The summed E-state index contributed by atoms with van der Waals surface area (Å²) in [4.78, 5) is 27.7. The Morgan fingerprint density at radius 2 is 2.15 bits per heavy atom. The van der Waals surface area contributed by atoms with E-state index in [0.29, 0.717) is 38.3 Å². The molecule has 0 spiro atoms. The van der Waals surface area contributed by atoms with Crippen molar-refractivity contribution in [3.8, 4) is 17.4 Å². The highest BCUT2D eigenvalue weighted by Crippen LogP contribution is 2.30. The summed E-state index contributed by atoms with van der Waals surface area (Å²) in [5.74, 6) is -0.792. The maximum absolute atomic E-state index is 12.2. The number of halogens is 1. The normalized spacial score (nSPS) is 10.9. The number of hydrogen-bond donors (Lipinski definition) is 2. The van der Waals surface area contributed by atoms with Crippen LogP contribution in [-0.2, 0) is 16.1 Å². The topological polar surface area (TPSA) is 138 Å². The fourth-order valence-corrected chi connectivity index (χ4v) is 4.02. The number of nitrogens with zero attached hydrogens (tertiary/aromatic N) is 3. The van der Waals surface area contributed by atoms with Crippen molar-refractivity contribution in [2.75, 3.05) is 12.9 Å². The van der Waals surface area contributed by atoms with Crippen LogP contribution in [0.2, 0.25) is 5.02 Å². The number of benzene rings is 1. The summed E-state index contributed by atoms with van der Waals surface area (Å²) in [7, 11) is 1.54. The molecule has 1 aromatic carbocycles. The van der Waals surface area contributed by atoms with Crippen molar-refractivity contribution in [3.05, 3.63) is 69.6 Å². The van der Waals surface area contributed by atoms with E-state index in [1.165, 1.54) is 24.4 Å². The van der Waals surface area contributed by atoms with E-state index in [-0.39, 0.29) is 17.9 Å². The van der Waals surface area contributed by atoms with Gasteiger partial charge in [0, 0.05) is 18.4 Å². The van der Waals surface area contributed by atoms with Crippen LogP contribution in [0.15, 0.2) is 50.9 Å². The highest BCUT2D eigenvalue weighted by atomic mass is 35.5. The zero-order chi connectivity index (χ0) is 24.7. The zero-order valence-electron chi connectivity index (χ0n) is 18.2. The molecule has 2 aromatic heterocycles. The van der Waals surface area contributed by atoms with Gasteiger partial charge in [0.25, 0.3) is 0 Å². The van der Waals surface area contributed by atoms with Gasteiger partial charge in [0.1, 0.15) is 22.6 Å². The second kappa shape index (κ2) is 11.5. The lowest BCUT2D eigenvalue weighted by atomic mass is 10.1. The van der Waals surface area contributed by atoms with Crippen LogP contribution in [0, 0.1) is 18.3 Å². The summed E-state index contributed by atoms with van der Waals surface area (Å²) in [5, 5.41) is 23.3. The monoisotopic (exact) mass is 498 g/mol. The van der Waals surface area contributed by atoms with Crippen molar-refractivity contribution in [3.63, 3.8) is 0 Å². The van der Waals surface area contributed by atoms with Gasteiger partial charge in [0.2, 0.25) is 5.91 Å². The van der Waals surface area contributed by atoms with Crippen LogP contribution < -0.4 is 5.43 Å². The van der Waals surface area contributed by atoms with Crippen LogP contribution in [0.1, 0.15) is 32.9 Å². The van der Waals surface area contributed by atoms with Crippen LogP contribution in [0.5, 0.6) is 0 Å². The highest BCUT2D eigenvalue weighted by molar-refractivity contribution is 8.00. The van der Waals surface area contributed by atoms with Gasteiger partial charge < -0.3 is 14.3 Å². The predicted octanol–water partition coefficient (Wildman–Crippen LogP) is 4.26. The Morgan fingerprint density at radius 3 is 2.85 bits per heavy atom. The number of carbonyl (C=O) groups is 2. The van der Waals surface area contributed by atoms with E-state index in [9.17, 15) is 14.9 Å². The molecule has 0 aliphatic rings. The van der Waals surface area contributed by atoms with Crippen LogP contribution in [-0.4, -0.2) is 41.0 Å². The van der Waals surface area contributed by atoms with E-state index < -0.39 is 11.9 Å². The minimum atomic E-state index is -1.08.